The molecule has 8 heteroatoms. The Labute approximate surface area is 242 Å². The smallest absolute Gasteiger partial charge is 0.182 e. The van der Waals surface area contributed by atoms with E-state index in [1.54, 1.807) is 24.8 Å². The molecule has 7 aromatic rings. The van der Waals surface area contributed by atoms with Crippen molar-refractivity contribution < 1.29 is 0 Å². The molecule has 0 N–H and O–H groups in total. The van der Waals surface area contributed by atoms with Crippen LogP contribution in [0.15, 0.2) is 134 Å². The molecule has 0 aliphatic heterocycles. The fourth-order valence-electron chi connectivity index (χ4n) is 4.47. The van der Waals surface area contributed by atoms with Gasteiger partial charge in [-0.3, -0.25) is 15.0 Å². The van der Waals surface area contributed by atoms with Gasteiger partial charge in [0, 0.05) is 47.0 Å². The lowest BCUT2D eigenvalue weighted by atomic mass is 10.1. The van der Waals surface area contributed by atoms with Crippen LogP contribution in [-0.2, 0) is 0 Å². The fraction of sp³-hybridized carbons (Fsp3) is 0. The van der Waals surface area contributed by atoms with Crippen molar-refractivity contribution >= 4 is 0 Å². The zero-order valence-corrected chi connectivity index (χ0v) is 22.3. The topological polar surface area (TPSA) is 103 Å². The number of rotatable bonds is 6. The van der Waals surface area contributed by atoms with Crippen molar-refractivity contribution in [3.8, 4) is 68.3 Å². The van der Waals surface area contributed by atoms with Crippen LogP contribution in [0.3, 0.4) is 0 Å². The predicted molar refractivity (Wildman–Crippen MR) is 161 cm³/mol. The molecule has 8 nitrogen and oxygen atoms in total. The Kier molecular flexibility index (Phi) is 6.68. The molecule has 5 heterocycles. The summed E-state index contributed by atoms with van der Waals surface area (Å²) in [5.74, 6) is 2.04. The highest BCUT2D eigenvalue weighted by molar-refractivity contribution is 5.72. The molecular weight excluding hydrogens is 520 g/mol. The fourth-order valence-corrected chi connectivity index (χ4v) is 4.47. The van der Waals surface area contributed by atoms with Gasteiger partial charge < -0.3 is 0 Å². The van der Waals surface area contributed by atoms with Crippen LogP contribution in [-0.4, -0.2) is 39.9 Å². The summed E-state index contributed by atoms with van der Waals surface area (Å²) >= 11 is 0. The summed E-state index contributed by atoms with van der Waals surface area (Å²) in [6, 6.07) is 35.1. The summed E-state index contributed by atoms with van der Waals surface area (Å²) in [7, 11) is 0. The normalized spacial score (nSPS) is 10.9. The third kappa shape index (κ3) is 5.24. The Morgan fingerprint density at radius 2 is 0.952 bits per heavy atom. The van der Waals surface area contributed by atoms with Gasteiger partial charge in [-0.1, -0.05) is 66.7 Å². The summed E-state index contributed by atoms with van der Waals surface area (Å²) < 4.78 is 0. The summed E-state index contributed by atoms with van der Waals surface area (Å²) in [6.45, 7) is 0. The third-order valence-corrected chi connectivity index (χ3v) is 6.56. The Morgan fingerprint density at radius 3 is 1.60 bits per heavy atom. The lowest BCUT2D eigenvalue weighted by molar-refractivity contribution is 1.05. The van der Waals surface area contributed by atoms with Crippen LogP contribution in [0, 0.1) is 0 Å². The highest BCUT2D eigenvalue weighted by atomic mass is 15.1. The molecule has 0 fully saturated rings. The zero-order valence-electron chi connectivity index (χ0n) is 22.3. The van der Waals surface area contributed by atoms with Gasteiger partial charge in [-0.05, 0) is 42.5 Å². The molecule has 0 bridgehead atoms. The Morgan fingerprint density at radius 1 is 0.333 bits per heavy atom. The standard InChI is InChI=1S/C34H22N8/c1-3-10-23(11-4-1)31-38-29(25-16-17-28(37-22-25)27-15-7-8-19-36-27)20-30(39-31)34-41-32(24-12-5-2-6-13-24)40-33(42-34)26-14-9-18-35-21-26/h1-22H. The van der Waals surface area contributed by atoms with E-state index in [0.717, 1.165) is 33.6 Å². The zero-order chi connectivity index (χ0) is 28.1. The molecule has 2 aromatic carbocycles. The molecule has 0 saturated carbocycles. The van der Waals surface area contributed by atoms with Gasteiger partial charge in [-0.25, -0.2) is 24.9 Å². The number of hydrogen-bond donors (Lipinski definition) is 0. The summed E-state index contributed by atoms with van der Waals surface area (Å²) in [4.78, 5) is 37.7. The molecule has 7 rings (SSSR count). The maximum Gasteiger partial charge on any atom is 0.182 e. The Hall–Kier alpha value is -6.02. The van der Waals surface area contributed by atoms with Crippen LogP contribution in [0.25, 0.3) is 68.3 Å². The average molecular weight is 543 g/mol. The van der Waals surface area contributed by atoms with Crippen molar-refractivity contribution in [2.24, 2.45) is 0 Å². The number of aromatic nitrogens is 8. The van der Waals surface area contributed by atoms with Crippen LogP contribution < -0.4 is 0 Å². The van der Waals surface area contributed by atoms with Gasteiger partial charge in [-0.2, -0.15) is 0 Å². The van der Waals surface area contributed by atoms with E-state index in [-0.39, 0.29) is 0 Å². The van der Waals surface area contributed by atoms with Crippen LogP contribution in [0.4, 0.5) is 0 Å². The molecule has 0 aliphatic carbocycles. The minimum absolute atomic E-state index is 0.432. The third-order valence-electron chi connectivity index (χ3n) is 6.56. The van der Waals surface area contributed by atoms with Crippen molar-refractivity contribution in [1.82, 2.24) is 39.9 Å². The molecule has 198 valence electrons. The predicted octanol–water partition coefficient (Wildman–Crippen LogP) is 6.85. The van der Waals surface area contributed by atoms with Crippen LogP contribution in [0.1, 0.15) is 0 Å². The van der Waals surface area contributed by atoms with E-state index in [4.69, 9.17) is 24.9 Å². The Bertz CT molecular complexity index is 1890. The van der Waals surface area contributed by atoms with E-state index in [0.29, 0.717) is 34.7 Å². The molecule has 0 amide bonds. The maximum atomic E-state index is 4.92. The summed E-state index contributed by atoms with van der Waals surface area (Å²) in [5.41, 5.74) is 6.22. The molecule has 0 radical (unpaired) electrons. The minimum atomic E-state index is 0.432. The number of nitrogens with zero attached hydrogens (tertiary/aromatic N) is 8. The van der Waals surface area contributed by atoms with E-state index in [1.165, 1.54) is 0 Å². The van der Waals surface area contributed by atoms with Crippen molar-refractivity contribution in [2.45, 2.75) is 0 Å². The molecule has 0 unspecified atom stereocenters. The van der Waals surface area contributed by atoms with Crippen LogP contribution >= 0.6 is 0 Å². The van der Waals surface area contributed by atoms with Gasteiger partial charge in [-0.15, -0.1) is 0 Å². The van der Waals surface area contributed by atoms with Crippen molar-refractivity contribution in [3.05, 3.63) is 134 Å². The van der Waals surface area contributed by atoms with E-state index in [1.807, 2.05) is 109 Å². The first-order valence-corrected chi connectivity index (χ1v) is 13.3. The molecule has 5 aromatic heterocycles. The molecule has 0 saturated heterocycles. The largest absolute Gasteiger partial charge is 0.264 e. The van der Waals surface area contributed by atoms with E-state index in [2.05, 4.69) is 15.0 Å². The first-order chi connectivity index (χ1) is 20.8. The number of benzene rings is 2. The van der Waals surface area contributed by atoms with E-state index < -0.39 is 0 Å². The quantitative estimate of drug-likeness (QED) is 0.225. The second-order valence-corrected chi connectivity index (χ2v) is 9.39. The average Bonchev–Trinajstić information content (AvgIpc) is 3.09. The SMILES string of the molecule is c1ccc(-c2nc(-c3ccc(-c4ccccn4)nc3)cc(-c3nc(-c4ccccc4)nc(-c4cccnc4)n3)n2)cc1. The first-order valence-electron chi connectivity index (χ1n) is 13.3. The summed E-state index contributed by atoms with van der Waals surface area (Å²) in [6.07, 6.45) is 7.02. The number of hydrogen-bond acceptors (Lipinski definition) is 8. The second kappa shape index (κ2) is 11.2. The van der Waals surface area contributed by atoms with Crippen LogP contribution in [0.2, 0.25) is 0 Å². The second-order valence-electron chi connectivity index (χ2n) is 9.39. The lowest BCUT2D eigenvalue weighted by Gasteiger charge is -2.11. The molecule has 42 heavy (non-hydrogen) atoms. The molecular formula is C34H22N8. The van der Waals surface area contributed by atoms with Crippen molar-refractivity contribution in [1.29, 1.82) is 0 Å². The lowest BCUT2D eigenvalue weighted by Crippen LogP contribution is -2.03. The van der Waals surface area contributed by atoms with E-state index in [9.17, 15) is 0 Å². The summed E-state index contributed by atoms with van der Waals surface area (Å²) in [5, 5.41) is 0. The minimum Gasteiger partial charge on any atom is -0.264 e. The van der Waals surface area contributed by atoms with E-state index >= 15 is 0 Å². The van der Waals surface area contributed by atoms with Crippen molar-refractivity contribution in [2.75, 3.05) is 0 Å². The first kappa shape index (κ1) is 25.0. The number of pyridine rings is 3. The molecule has 0 atom stereocenters. The van der Waals surface area contributed by atoms with Gasteiger partial charge >= 0.3 is 0 Å². The monoisotopic (exact) mass is 542 g/mol. The molecule has 0 spiro atoms. The maximum absolute atomic E-state index is 4.92. The van der Waals surface area contributed by atoms with Crippen LogP contribution in [0.5, 0.6) is 0 Å². The van der Waals surface area contributed by atoms with Gasteiger partial charge in [0.05, 0.1) is 17.1 Å². The van der Waals surface area contributed by atoms with Gasteiger partial charge in [0.15, 0.2) is 23.3 Å². The van der Waals surface area contributed by atoms with Gasteiger partial charge in [0.1, 0.15) is 5.69 Å². The highest BCUT2D eigenvalue weighted by Gasteiger charge is 2.17. The highest BCUT2D eigenvalue weighted by Crippen LogP contribution is 2.29. The van der Waals surface area contributed by atoms with Gasteiger partial charge in [0.2, 0.25) is 0 Å². The molecule has 0 aliphatic rings. The van der Waals surface area contributed by atoms with Gasteiger partial charge in [0.25, 0.3) is 0 Å². The Balaban J connectivity index is 1.39. The van der Waals surface area contributed by atoms with Crippen molar-refractivity contribution in [3.63, 3.8) is 0 Å².